The Balaban J connectivity index is 2.49. The summed E-state index contributed by atoms with van der Waals surface area (Å²) in [6, 6.07) is 3.75. The summed E-state index contributed by atoms with van der Waals surface area (Å²) in [5, 5.41) is 0. The molecule has 2 aromatic rings. The molecule has 4 nitrogen and oxygen atoms in total. The van der Waals surface area contributed by atoms with Gasteiger partial charge in [-0.3, -0.25) is 0 Å². The molecular weight excluding hydrogens is 176 g/mol. The summed E-state index contributed by atoms with van der Waals surface area (Å²) >= 11 is 0. The van der Waals surface area contributed by atoms with Crippen molar-refractivity contribution in [1.29, 1.82) is 0 Å². The molecule has 0 saturated carbocycles. The van der Waals surface area contributed by atoms with E-state index < -0.39 is 0 Å². The fourth-order valence-corrected chi connectivity index (χ4v) is 1.42. The second kappa shape index (κ2) is 3.49. The smallest absolute Gasteiger partial charge is 0.125 e. The van der Waals surface area contributed by atoms with E-state index in [1.807, 2.05) is 22.9 Å². The number of imidazole rings is 1. The van der Waals surface area contributed by atoms with Crippen molar-refractivity contribution in [3.63, 3.8) is 0 Å². The Morgan fingerprint density at radius 2 is 2.21 bits per heavy atom. The molecule has 0 aromatic carbocycles. The number of hydrogen-bond acceptors (Lipinski definition) is 3. The third-order valence-electron chi connectivity index (χ3n) is 2.08. The first kappa shape index (κ1) is 8.74. The van der Waals surface area contributed by atoms with E-state index in [2.05, 4.69) is 16.9 Å². The minimum atomic E-state index is 0.526. The zero-order valence-electron chi connectivity index (χ0n) is 8.01. The van der Waals surface area contributed by atoms with Crippen molar-refractivity contribution in [2.24, 2.45) is 0 Å². The number of nitrogen functional groups attached to an aromatic ring is 1. The zero-order chi connectivity index (χ0) is 9.97. The van der Waals surface area contributed by atoms with Crippen LogP contribution >= 0.6 is 0 Å². The van der Waals surface area contributed by atoms with Gasteiger partial charge in [0.2, 0.25) is 0 Å². The fourth-order valence-electron chi connectivity index (χ4n) is 1.42. The molecule has 2 rings (SSSR count). The number of rotatable bonds is 2. The molecular formula is C10H12N4. The standard InChI is InChI=1S/C10H12N4/c1-2-10-13-5-6-14(10)8-3-4-12-9(11)7-8/h3-7H,2H2,1H3,(H2,11,12). The maximum atomic E-state index is 5.61. The van der Waals surface area contributed by atoms with Crippen LogP contribution < -0.4 is 5.73 Å². The summed E-state index contributed by atoms with van der Waals surface area (Å²) in [6.45, 7) is 2.07. The minimum Gasteiger partial charge on any atom is -0.384 e. The Bertz CT molecular complexity index is 433. The van der Waals surface area contributed by atoms with Crippen molar-refractivity contribution in [3.05, 3.63) is 36.5 Å². The van der Waals surface area contributed by atoms with E-state index in [0.717, 1.165) is 17.9 Å². The average Bonchev–Trinajstić information content (AvgIpc) is 2.65. The second-order valence-corrected chi connectivity index (χ2v) is 3.01. The predicted octanol–water partition coefficient (Wildman–Crippen LogP) is 1.41. The van der Waals surface area contributed by atoms with Crippen molar-refractivity contribution in [3.8, 4) is 5.69 Å². The van der Waals surface area contributed by atoms with Crippen molar-refractivity contribution >= 4 is 5.82 Å². The monoisotopic (exact) mass is 188 g/mol. The molecule has 72 valence electrons. The molecule has 0 aliphatic heterocycles. The lowest BCUT2D eigenvalue weighted by Gasteiger charge is -2.05. The highest BCUT2D eigenvalue weighted by Gasteiger charge is 2.02. The summed E-state index contributed by atoms with van der Waals surface area (Å²) in [5.41, 5.74) is 6.62. The topological polar surface area (TPSA) is 56.7 Å². The number of hydrogen-bond donors (Lipinski definition) is 1. The maximum Gasteiger partial charge on any atom is 0.125 e. The molecule has 0 spiro atoms. The molecule has 2 aromatic heterocycles. The van der Waals surface area contributed by atoms with Crippen molar-refractivity contribution in [1.82, 2.24) is 14.5 Å². The highest BCUT2D eigenvalue weighted by atomic mass is 15.1. The highest BCUT2D eigenvalue weighted by molar-refractivity contribution is 5.42. The molecule has 0 fully saturated rings. The number of pyridine rings is 1. The summed E-state index contributed by atoms with van der Waals surface area (Å²) in [4.78, 5) is 8.19. The van der Waals surface area contributed by atoms with Crippen LogP contribution in [0.5, 0.6) is 0 Å². The SMILES string of the molecule is CCc1nccn1-c1ccnc(N)c1. The molecule has 2 N–H and O–H groups in total. The van der Waals surface area contributed by atoms with Crippen molar-refractivity contribution in [2.75, 3.05) is 5.73 Å². The van der Waals surface area contributed by atoms with Crippen LogP contribution in [0.25, 0.3) is 5.69 Å². The normalized spacial score (nSPS) is 10.4. The number of nitrogens with zero attached hydrogens (tertiary/aromatic N) is 3. The van der Waals surface area contributed by atoms with Gasteiger partial charge in [-0.15, -0.1) is 0 Å². The Hall–Kier alpha value is -1.84. The van der Waals surface area contributed by atoms with Gasteiger partial charge < -0.3 is 10.3 Å². The molecule has 0 saturated heterocycles. The van der Waals surface area contributed by atoms with Gasteiger partial charge in [0.25, 0.3) is 0 Å². The van der Waals surface area contributed by atoms with Gasteiger partial charge in [0.05, 0.1) is 5.69 Å². The Labute approximate surface area is 82.4 Å². The van der Waals surface area contributed by atoms with Crippen LogP contribution in [0.1, 0.15) is 12.7 Å². The van der Waals surface area contributed by atoms with E-state index in [0.29, 0.717) is 5.82 Å². The highest BCUT2D eigenvalue weighted by Crippen LogP contribution is 2.12. The molecule has 0 atom stereocenters. The number of aryl methyl sites for hydroxylation is 1. The Kier molecular flexibility index (Phi) is 2.18. The second-order valence-electron chi connectivity index (χ2n) is 3.01. The first-order valence-corrected chi connectivity index (χ1v) is 4.55. The molecule has 0 radical (unpaired) electrons. The lowest BCUT2D eigenvalue weighted by atomic mass is 10.3. The summed E-state index contributed by atoms with van der Waals surface area (Å²) in [6.07, 6.45) is 6.31. The molecule has 4 heteroatoms. The summed E-state index contributed by atoms with van der Waals surface area (Å²) in [7, 11) is 0. The lowest BCUT2D eigenvalue weighted by Crippen LogP contribution is -2.00. The van der Waals surface area contributed by atoms with E-state index >= 15 is 0 Å². The van der Waals surface area contributed by atoms with E-state index in [9.17, 15) is 0 Å². The van der Waals surface area contributed by atoms with Gasteiger partial charge in [0.15, 0.2) is 0 Å². The van der Waals surface area contributed by atoms with E-state index in [1.54, 1.807) is 12.4 Å². The predicted molar refractivity (Wildman–Crippen MR) is 55.1 cm³/mol. The van der Waals surface area contributed by atoms with Crippen LogP contribution in [0, 0.1) is 0 Å². The van der Waals surface area contributed by atoms with Crippen molar-refractivity contribution < 1.29 is 0 Å². The molecule has 0 aliphatic rings. The molecule has 0 unspecified atom stereocenters. The molecule has 0 amide bonds. The van der Waals surface area contributed by atoms with Gasteiger partial charge in [-0.1, -0.05) is 6.92 Å². The number of anilines is 1. The van der Waals surface area contributed by atoms with E-state index in [1.165, 1.54) is 0 Å². The fraction of sp³-hybridized carbons (Fsp3) is 0.200. The van der Waals surface area contributed by atoms with Gasteiger partial charge in [0.1, 0.15) is 11.6 Å². The Morgan fingerprint density at radius 3 is 2.93 bits per heavy atom. The van der Waals surface area contributed by atoms with Gasteiger partial charge >= 0.3 is 0 Å². The van der Waals surface area contributed by atoms with Gasteiger partial charge in [-0.05, 0) is 6.07 Å². The molecule has 0 bridgehead atoms. The number of nitrogens with two attached hydrogens (primary N) is 1. The van der Waals surface area contributed by atoms with Gasteiger partial charge in [-0.2, -0.15) is 0 Å². The van der Waals surface area contributed by atoms with E-state index in [-0.39, 0.29) is 0 Å². The first-order valence-electron chi connectivity index (χ1n) is 4.55. The van der Waals surface area contributed by atoms with Crippen LogP contribution in [0.2, 0.25) is 0 Å². The van der Waals surface area contributed by atoms with Crippen LogP contribution in [-0.4, -0.2) is 14.5 Å². The van der Waals surface area contributed by atoms with Crippen LogP contribution in [-0.2, 0) is 6.42 Å². The minimum absolute atomic E-state index is 0.526. The maximum absolute atomic E-state index is 5.61. The lowest BCUT2D eigenvalue weighted by molar-refractivity contribution is 0.890. The van der Waals surface area contributed by atoms with Crippen LogP contribution in [0.15, 0.2) is 30.7 Å². The van der Waals surface area contributed by atoms with Crippen molar-refractivity contribution in [2.45, 2.75) is 13.3 Å². The molecule has 14 heavy (non-hydrogen) atoms. The third-order valence-corrected chi connectivity index (χ3v) is 2.08. The molecule has 0 aliphatic carbocycles. The average molecular weight is 188 g/mol. The quantitative estimate of drug-likeness (QED) is 0.775. The largest absolute Gasteiger partial charge is 0.384 e. The van der Waals surface area contributed by atoms with E-state index in [4.69, 9.17) is 5.73 Å². The zero-order valence-corrected chi connectivity index (χ0v) is 8.01. The first-order chi connectivity index (χ1) is 6.81. The Morgan fingerprint density at radius 1 is 1.36 bits per heavy atom. The van der Waals surface area contributed by atoms with Gasteiger partial charge in [-0.25, -0.2) is 9.97 Å². The van der Waals surface area contributed by atoms with Gasteiger partial charge in [0, 0.05) is 31.1 Å². The van der Waals surface area contributed by atoms with Crippen LogP contribution in [0.4, 0.5) is 5.82 Å². The third kappa shape index (κ3) is 1.46. The number of aromatic nitrogens is 3. The summed E-state index contributed by atoms with van der Waals surface area (Å²) < 4.78 is 2.01. The van der Waals surface area contributed by atoms with Crippen LogP contribution in [0.3, 0.4) is 0 Å². The molecule has 2 heterocycles. The summed E-state index contributed by atoms with van der Waals surface area (Å²) in [5.74, 6) is 1.55.